The largest absolute Gasteiger partial charge is 0.296 e. The minimum atomic E-state index is -0.346. The number of thioether (sulfide) groups is 1. The molecule has 8 heteroatoms. The highest BCUT2D eigenvalue weighted by atomic mass is 35.5. The van der Waals surface area contributed by atoms with Crippen LogP contribution in [0.3, 0.4) is 0 Å². The number of carbonyl (C=O) groups excluding carboxylic acids is 1. The molecule has 0 radical (unpaired) electrons. The fraction of sp³-hybridized carbons (Fsp3) is 0.429. The van der Waals surface area contributed by atoms with E-state index in [-0.39, 0.29) is 16.6 Å². The Balaban J connectivity index is 1.80. The highest BCUT2D eigenvalue weighted by Crippen LogP contribution is 2.32. The summed E-state index contributed by atoms with van der Waals surface area (Å²) in [6.07, 6.45) is 6.46. The van der Waals surface area contributed by atoms with Crippen molar-refractivity contribution in [3.05, 3.63) is 27.5 Å². The molecule has 3 rings (SSSR count). The standard InChI is InChI=1S/C14H15ClN4OS2/c1-7-3-4-9-10(5-7)22-14(17-9)19-12(20)11-8(15)6-16-13(18-11)21-2/h6-7H,3-5H2,1-2H3,(H,17,19,20)/t7-/m0/s1. The molecule has 2 heterocycles. The zero-order chi connectivity index (χ0) is 15.7. The van der Waals surface area contributed by atoms with Gasteiger partial charge < -0.3 is 0 Å². The number of hydrogen-bond donors (Lipinski definition) is 1. The van der Waals surface area contributed by atoms with E-state index in [2.05, 4.69) is 27.2 Å². The molecule has 1 amide bonds. The van der Waals surface area contributed by atoms with Crippen LogP contribution in [0.25, 0.3) is 0 Å². The first-order valence-corrected chi connectivity index (χ1v) is 9.35. The quantitative estimate of drug-likeness (QED) is 0.672. The van der Waals surface area contributed by atoms with Gasteiger partial charge in [0, 0.05) is 4.88 Å². The lowest BCUT2D eigenvalue weighted by atomic mass is 9.93. The third-order valence-electron chi connectivity index (χ3n) is 3.53. The molecule has 0 aliphatic heterocycles. The zero-order valence-electron chi connectivity index (χ0n) is 12.2. The summed E-state index contributed by atoms with van der Waals surface area (Å²) in [7, 11) is 0. The Bertz CT molecular complexity index is 719. The van der Waals surface area contributed by atoms with Gasteiger partial charge in [-0.1, -0.05) is 30.3 Å². The number of nitrogens with one attached hydrogen (secondary N) is 1. The van der Waals surface area contributed by atoms with Crippen molar-refractivity contribution < 1.29 is 4.79 Å². The normalized spacial score (nSPS) is 17.1. The Morgan fingerprint density at radius 3 is 3.09 bits per heavy atom. The molecule has 1 N–H and O–H groups in total. The van der Waals surface area contributed by atoms with Crippen molar-refractivity contribution >= 4 is 45.7 Å². The highest BCUT2D eigenvalue weighted by Gasteiger charge is 2.21. The average molecular weight is 355 g/mol. The maximum Gasteiger partial charge on any atom is 0.277 e. The Kier molecular flexibility index (Phi) is 4.65. The monoisotopic (exact) mass is 354 g/mol. The predicted octanol–water partition coefficient (Wildman–Crippen LogP) is 3.69. The molecule has 1 atom stereocenters. The summed E-state index contributed by atoms with van der Waals surface area (Å²) in [6.45, 7) is 2.24. The van der Waals surface area contributed by atoms with Crippen LogP contribution < -0.4 is 5.32 Å². The molecule has 0 bridgehead atoms. The lowest BCUT2D eigenvalue weighted by molar-refractivity contribution is 0.102. The lowest BCUT2D eigenvalue weighted by Crippen LogP contribution is -2.15. The third-order valence-corrected chi connectivity index (χ3v) is 5.40. The number of anilines is 1. The number of hydrogen-bond acceptors (Lipinski definition) is 6. The Hall–Kier alpha value is -1.18. The van der Waals surface area contributed by atoms with Gasteiger partial charge in [0.2, 0.25) is 0 Å². The van der Waals surface area contributed by atoms with Crippen LogP contribution in [-0.4, -0.2) is 27.1 Å². The molecular formula is C14H15ClN4OS2. The van der Waals surface area contributed by atoms with E-state index < -0.39 is 0 Å². The number of aromatic nitrogens is 3. The van der Waals surface area contributed by atoms with Crippen molar-refractivity contribution in [2.75, 3.05) is 11.6 Å². The number of aryl methyl sites for hydroxylation is 1. The highest BCUT2D eigenvalue weighted by molar-refractivity contribution is 7.98. The van der Waals surface area contributed by atoms with Crippen molar-refractivity contribution in [2.45, 2.75) is 31.3 Å². The van der Waals surface area contributed by atoms with E-state index in [0.29, 0.717) is 16.2 Å². The second kappa shape index (κ2) is 6.52. The number of thiazole rings is 1. The maximum absolute atomic E-state index is 12.4. The van der Waals surface area contributed by atoms with E-state index in [1.54, 1.807) is 11.3 Å². The molecule has 0 saturated carbocycles. The molecule has 2 aromatic rings. The van der Waals surface area contributed by atoms with Crippen LogP contribution in [0.4, 0.5) is 5.13 Å². The minimum Gasteiger partial charge on any atom is -0.296 e. The van der Waals surface area contributed by atoms with Crippen molar-refractivity contribution in [3.8, 4) is 0 Å². The Morgan fingerprint density at radius 2 is 2.32 bits per heavy atom. The molecule has 5 nitrogen and oxygen atoms in total. The third kappa shape index (κ3) is 3.26. The molecule has 0 aromatic carbocycles. The van der Waals surface area contributed by atoms with Crippen LogP contribution in [0.1, 0.15) is 34.4 Å². The Labute approximate surface area is 141 Å². The van der Waals surface area contributed by atoms with Crippen LogP contribution in [0.5, 0.6) is 0 Å². The van der Waals surface area contributed by atoms with E-state index in [4.69, 9.17) is 11.6 Å². The molecular weight excluding hydrogens is 340 g/mol. The second-order valence-corrected chi connectivity index (χ2v) is 7.51. The summed E-state index contributed by atoms with van der Waals surface area (Å²) < 4.78 is 0. The summed E-state index contributed by atoms with van der Waals surface area (Å²) >= 11 is 8.93. The van der Waals surface area contributed by atoms with Crippen molar-refractivity contribution in [1.82, 2.24) is 15.0 Å². The summed E-state index contributed by atoms with van der Waals surface area (Å²) in [5.41, 5.74) is 1.29. The van der Waals surface area contributed by atoms with Gasteiger partial charge in [-0.3, -0.25) is 10.1 Å². The molecule has 1 aliphatic rings. The first-order valence-electron chi connectivity index (χ1n) is 6.93. The van der Waals surface area contributed by atoms with Crippen LogP contribution in [-0.2, 0) is 12.8 Å². The Morgan fingerprint density at radius 1 is 1.50 bits per heavy atom. The minimum absolute atomic E-state index is 0.183. The van der Waals surface area contributed by atoms with E-state index >= 15 is 0 Å². The summed E-state index contributed by atoms with van der Waals surface area (Å²) in [6, 6.07) is 0. The smallest absolute Gasteiger partial charge is 0.277 e. The number of carbonyl (C=O) groups is 1. The summed E-state index contributed by atoms with van der Waals surface area (Å²) in [5, 5.41) is 4.18. The van der Waals surface area contributed by atoms with E-state index in [1.165, 1.54) is 22.8 Å². The van der Waals surface area contributed by atoms with Gasteiger partial charge in [-0.15, -0.1) is 11.3 Å². The molecule has 0 saturated heterocycles. The van der Waals surface area contributed by atoms with E-state index in [0.717, 1.165) is 25.0 Å². The molecule has 1 aliphatic carbocycles. The van der Waals surface area contributed by atoms with Crippen LogP contribution in [0.2, 0.25) is 5.02 Å². The van der Waals surface area contributed by atoms with E-state index in [9.17, 15) is 4.79 Å². The maximum atomic E-state index is 12.4. The molecule has 0 spiro atoms. The number of halogens is 1. The number of rotatable bonds is 3. The van der Waals surface area contributed by atoms with E-state index in [1.807, 2.05) is 6.26 Å². The fourth-order valence-electron chi connectivity index (χ4n) is 2.36. The molecule has 0 fully saturated rings. The van der Waals surface area contributed by atoms with Gasteiger partial charge in [-0.25, -0.2) is 15.0 Å². The average Bonchev–Trinajstić information content (AvgIpc) is 2.88. The van der Waals surface area contributed by atoms with Gasteiger partial charge in [0.25, 0.3) is 5.91 Å². The zero-order valence-corrected chi connectivity index (χ0v) is 14.6. The van der Waals surface area contributed by atoms with Crippen molar-refractivity contribution in [1.29, 1.82) is 0 Å². The predicted molar refractivity (Wildman–Crippen MR) is 90.1 cm³/mol. The first-order chi connectivity index (χ1) is 10.6. The van der Waals surface area contributed by atoms with Gasteiger partial charge in [-0.05, 0) is 31.4 Å². The summed E-state index contributed by atoms with van der Waals surface area (Å²) in [4.78, 5) is 26.3. The molecule has 0 unspecified atom stereocenters. The van der Waals surface area contributed by atoms with Gasteiger partial charge >= 0.3 is 0 Å². The van der Waals surface area contributed by atoms with Gasteiger partial charge in [-0.2, -0.15) is 0 Å². The van der Waals surface area contributed by atoms with Crippen LogP contribution in [0, 0.1) is 5.92 Å². The van der Waals surface area contributed by atoms with Crippen molar-refractivity contribution in [2.24, 2.45) is 5.92 Å². The topological polar surface area (TPSA) is 67.8 Å². The van der Waals surface area contributed by atoms with Crippen LogP contribution in [0.15, 0.2) is 11.4 Å². The number of nitrogens with zero attached hydrogens (tertiary/aromatic N) is 3. The number of amides is 1. The number of fused-ring (bicyclic) bond motifs is 1. The SMILES string of the molecule is CSc1ncc(Cl)c(C(=O)Nc2nc3c(s2)C[C@@H](C)CC3)n1. The van der Waals surface area contributed by atoms with Gasteiger partial charge in [0.15, 0.2) is 16.0 Å². The summed E-state index contributed by atoms with van der Waals surface area (Å²) in [5.74, 6) is 0.332. The first kappa shape index (κ1) is 15.7. The molecule has 116 valence electrons. The lowest BCUT2D eigenvalue weighted by Gasteiger charge is -2.15. The van der Waals surface area contributed by atoms with Crippen molar-refractivity contribution in [3.63, 3.8) is 0 Å². The molecule has 22 heavy (non-hydrogen) atoms. The second-order valence-electron chi connectivity index (χ2n) is 5.24. The van der Waals surface area contributed by atoms with Gasteiger partial charge in [0.1, 0.15) is 0 Å². The molecule has 2 aromatic heterocycles. The van der Waals surface area contributed by atoms with Gasteiger partial charge in [0.05, 0.1) is 16.9 Å². The van der Waals surface area contributed by atoms with Crippen LogP contribution >= 0.6 is 34.7 Å². The fourth-order valence-corrected chi connectivity index (χ4v) is 4.04.